The van der Waals surface area contributed by atoms with E-state index in [2.05, 4.69) is 9.97 Å². The van der Waals surface area contributed by atoms with E-state index in [0.29, 0.717) is 30.7 Å². The lowest BCUT2D eigenvalue weighted by Crippen LogP contribution is -2.17. The summed E-state index contributed by atoms with van der Waals surface area (Å²) in [4.78, 5) is 33.9. The molecule has 1 aromatic carbocycles. The van der Waals surface area contributed by atoms with Gasteiger partial charge in [0.05, 0.1) is 17.9 Å². The van der Waals surface area contributed by atoms with Crippen molar-refractivity contribution >= 4 is 27.5 Å². The molecule has 3 rings (SSSR count). The quantitative estimate of drug-likeness (QED) is 0.639. The van der Waals surface area contributed by atoms with Crippen LogP contribution in [-0.4, -0.2) is 22.5 Å². The molecule has 0 fully saturated rings. The molecule has 3 aromatic rings. The van der Waals surface area contributed by atoms with Crippen LogP contribution in [0.1, 0.15) is 36.5 Å². The van der Waals surface area contributed by atoms with Gasteiger partial charge < -0.3 is 9.72 Å². The maximum atomic E-state index is 12.8. The molecule has 5 nitrogen and oxygen atoms in total. The second-order valence-electron chi connectivity index (χ2n) is 6.78. The summed E-state index contributed by atoms with van der Waals surface area (Å²) in [6.45, 7) is 8.06. The molecule has 0 spiro atoms. The molecule has 0 saturated heterocycles. The summed E-state index contributed by atoms with van der Waals surface area (Å²) in [6, 6.07) is 8.17. The number of carbonyl (C=O) groups excluding carboxylic acids is 1. The Morgan fingerprint density at radius 3 is 2.63 bits per heavy atom. The van der Waals surface area contributed by atoms with Gasteiger partial charge in [-0.2, -0.15) is 0 Å². The van der Waals surface area contributed by atoms with Gasteiger partial charge in [0.1, 0.15) is 10.7 Å². The van der Waals surface area contributed by atoms with Crippen molar-refractivity contribution in [2.75, 3.05) is 6.61 Å². The van der Waals surface area contributed by atoms with Gasteiger partial charge >= 0.3 is 5.97 Å². The molecule has 0 aliphatic carbocycles. The Morgan fingerprint density at radius 2 is 1.96 bits per heavy atom. The number of thiophene rings is 1. The summed E-state index contributed by atoms with van der Waals surface area (Å²) in [5.41, 5.74) is 3.04. The molecule has 0 radical (unpaired) electrons. The van der Waals surface area contributed by atoms with Crippen LogP contribution in [0.3, 0.4) is 0 Å². The normalized spacial score (nSPS) is 12.3. The van der Waals surface area contributed by atoms with Gasteiger partial charge in [-0.3, -0.25) is 9.59 Å². The third kappa shape index (κ3) is 4.11. The summed E-state index contributed by atoms with van der Waals surface area (Å²) >= 11 is 1.53. The number of ether oxygens (including phenoxy) is 1. The molecule has 1 N–H and O–H groups in total. The van der Waals surface area contributed by atoms with Gasteiger partial charge in [0, 0.05) is 16.9 Å². The Kier molecular flexibility index (Phi) is 5.75. The van der Waals surface area contributed by atoms with Gasteiger partial charge in [-0.1, -0.05) is 36.8 Å². The lowest BCUT2D eigenvalue weighted by molar-refractivity contribution is -0.147. The van der Waals surface area contributed by atoms with Crippen molar-refractivity contribution in [2.45, 2.75) is 40.5 Å². The average molecular weight is 385 g/mol. The third-order valence-electron chi connectivity index (χ3n) is 4.63. The summed E-state index contributed by atoms with van der Waals surface area (Å²) < 4.78 is 5.03. The Bertz CT molecular complexity index is 1020. The van der Waals surface area contributed by atoms with Crippen LogP contribution in [-0.2, 0) is 16.0 Å². The van der Waals surface area contributed by atoms with Crippen LogP contribution in [0.2, 0.25) is 0 Å². The summed E-state index contributed by atoms with van der Waals surface area (Å²) in [6.07, 6.45) is 1.12. The van der Waals surface area contributed by atoms with E-state index in [1.807, 2.05) is 45.0 Å². The number of hydrogen-bond acceptors (Lipinski definition) is 5. The monoisotopic (exact) mass is 384 g/mol. The van der Waals surface area contributed by atoms with Gasteiger partial charge in [0.25, 0.3) is 5.56 Å². The second kappa shape index (κ2) is 8.05. The van der Waals surface area contributed by atoms with Gasteiger partial charge in [0.15, 0.2) is 0 Å². The number of nitrogens with zero attached hydrogens (tertiary/aromatic N) is 1. The van der Waals surface area contributed by atoms with Crippen LogP contribution in [0, 0.1) is 19.8 Å². The van der Waals surface area contributed by atoms with Crippen LogP contribution < -0.4 is 5.56 Å². The zero-order chi connectivity index (χ0) is 19.6. The highest BCUT2D eigenvalue weighted by atomic mass is 32.1. The highest BCUT2D eigenvalue weighted by molar-refractivity contribution is 7.19. The van der Waals surface area contributed by atoms with E-state index in [1.165, 1.54) is 16.9 Å². The third-order valence-corrected chi connectivity index (χ3v) is 5.63. The number of fused-ring (bicyclic) bond motifs is 1. The van der Waals surface area contributed by atoms with Crippen molar-refractivity contribution in [2.24, 2.45) is 5.92 Å². The van der Waals surface area contributed by atoms with Gasteiger partial charge in [-0.05, 0) is 32.8 Å². The minimum atomic E-state index is -0.223. The predicted octanol–water partition coefficient (Wildman–Crippen LogP) is 4.40. The first-order chi connectivity index (χ1) is 12.9. The van der Waals surface area contributed by atoms with Crippen molar-refractivity contribution < 1.29 is 9.53 Å². The minimum Gasteiger partial charge on any atom is -0.466 e. The number of nitrogens with one attached hydrogen (secondary N) is 1. The molecule has 1 atom stereocenters. The van der Waals surface area contributed by atoms with Gasteiger partial charge in [-0.25, -0.2) is 4.98 Å². The van der Waals surface area contributed by atoms with Crippen LogP contribution in [0.5, 0.6) is 0 Å². The molecule has 0 unspecified atom stereocenters. The molecule has 0 amide bonds. The number of aromatic amines is 1. The molecule has 0 saturated carbocycles. The van der Waals surface area contributed by atoms with E-state index in [0.717, 1.165) is 20.8 Å². The predicted molar refractivity (Wildman–Crippen MR) is 109 cm³/mol. The largest absolute Gasteiger partial charge is 0.466 e. The summed E-state index contributed by atoms with van der Waals surface area (Å²) in [7, 11) is 0. The SMILES string of the molecule is CCOC(=O)[C@@H](C)CCc1nc2sc(C)c(-c3ccc(C)cc3)c2c(=O)[nH]1. The Morgan fingerprint density at radius 1 is 1.26 bits per heavy atom. The Balaban J connectivity index is 1.91. The fraction of sp³-hybridized carbons (Fsp3) is 0.381. The number of carbonyl (C=O) groups is 1. The number of hydrogen-bond donors (Lipinski definition) is 1. The van der Waals surface area contributed by atoms with Crippen LogP contribution >= 0.6 is 11.3 Å². The van der Waals surface area contributed by atoms with E-state index in [-0.39, 0.29) is 17.4 Å². The van der Waals surface area contributed by atoms with E-state index in [9.17, 15) is 9.59 Å². The maximum Gasteiger partial charge on any atom is 0.308 e. The second-order valence-corrected chi connectivity index (χ2v) is 7.99. The molecule has 0 aliphatic rings. The van der Waals surface area contributed by atoms with Crippen molar-refractivity contribution in [3.05, 3.63) is 50.9 Å². The first-order valence-electron chi connectivity index (χ1n) is 9.16. The number of esters is 1. The Hall–Kier alpha value is -2.47. The first-order valence-corrected chi connectivity index (χ1v) is 9.98. The zero-order valence-electron chi connectivity index (χ0n) is 16.1. The zero-order valence-corrected chi connectivity index (χ0v) is 16.9. The smallest absolute Gasteiger partial charge is 0.308 e. The fourth-order valence-corrected chi connectivity index (χ4v) is 4.17. The summed E-state index contributed by atoms with van der Waals surface area (Å²) in [5, 5.41) is 0.642. The van der Waals surface area contributed by atoms with Gasteiger partial charge in [-0.15, -0.1) is 11.3 Å². The minimum absolute atomic E-state index is 0.126. The maximum absolute atomic E-state index is 12.8. The van der Waals surface area contributed by atoms with Crippen molar-refractivity contribution in [3.8, 4) is 11.1 Å². The number of rotatable bonds is 6. The molecule has 2 aromatic heterocycles. The van der Waals surface area contributed by atoms with E-state index < -0.39 is 0 Å². The molecular formula is C21H24N2O3S. The van der Waals surface area contributed by atoms with Crippen molar-refractivity contribution in [3.63, 3.8) is 0 Å². The topological polar surface area (TPSA) is 72.0 Å². The van der Waals surface area contributed by atoms with Crippen LogP contribution in [0.15, 0.2) is 29.1 Å². The highest BCUT2D eigenvalue weighted by Gasteiger charge is 2.18. The number of benzene rings is 1. The molecule has 27 heavy (non-hydrogen) atoms. The molecule has 0 bridgehead atoms. The van der Waals surface area contributed by atoms with E-state index >= 15 is 0 Å². The number of aromatic nitrogens is 2. The average Bonchev–Trinajstić information content (AvgIpc) is 2.97. The molecule has 142 valence electrons. The van der Waals surface area contributed by atoms with Crippen molar-refractivity contribution in [1.29, 1.82) is 0 Å². The highest BCUT2D eigenvalue weighted by Crippen LogP contribution is 2.35. The molecule has 2 heterocycles. The fourth-order valence-electron chi connectivity index (χ4n) is 3.11. The van der Waals surface area contributed by atoms with Gasteiger partial charge in [0.2, 0.25) is 0 Å². The lowest BCUT2D eigenvalue weighted by atomic mass is 10.0. The molecule has 6 heteroatoms. The van der Waals surface area contributed by atoms with Crippen LogP contribution in [0.25, 0.3) is 21.3 Å². The molecule has 0 aliphatic heterocycles. The van der Waals surface area contributed by atoms with Crippen molar-refractivity contribution in [1.82, 2.24) is 9.97 Å². The van der Waals surface area contributed by atoms with Crippen LogP contribution in [0.4, 0.5) is 0 Å². The summed E-state index contributed by atoms with van der Waals surface area (Å²) in [5.74, 6) is 0.175. The number of aryl methyl sites for hydroxylation is 3. The van der Waals surface area contributed by atoms with E-state index in [4.69, 9.17) is 4.74 Å². The van der Waals surface area contributed by atoms with E-state index in [1.54, 1.807) is 6.92 Å². The standard InChI is InChI=1S/C21H24N2O3S/c1-5-26-21(25)13(3)8-11-16-22-19(24)18-17(14(4)27-20(18)23-16)15-9-6-12(2)7-10-15/h6-7,9-10,13H,5,8,11H2,1-4H3,(H,22,23,24)/t13-/m0/s1. The lowest BCUT2D eigenvalue weighted by Gasteiger charge is -2.09. The molecular weight excluding hydrogens is 360 g/mol. The first kappa shape index (κ1) is 19.3. The Labute approximate surface area is 162 Å². The number of H-pyrrole nitrogens is 1.